The molecule has 2 nitrogen and oxygen atoms in total. The Morgan fingerprint density at radius 3 is 2.73 bits per heavy atom. The zero-order valence-electron chi connectivity index (χ0n) is 7.25. The van der Waals surface area contributed by atoms with Crippen LogP contribution < -0.4 is 0 Å². The zero-order valence-corrected chi connectivity index (χ0v) is 7.25. The lowest BCUT2D eigenvalue weighted by molar-refractivity contribution is -0.104. The summed E-state index contributed by atoms with van der Waals surface area (Å²) >= 11 is 0. The molecule has 0 saturated carbocycles. The Morgan fingerprint density at radius 2 is 2.27 bits per heavy atom. The Labute approximate surface area is 68.2 Å². The summed E-state index contributed by atoms with van der Waals surface area (Å²) in [6.07, 6.45) is 7.47. The number of aldehydes is 1. The molecule has 0 spiro atoms. The van der Waals surface area contributed by atoms with Gasteiger partial charge in [0.05, 0.1) is 6.10 Å². The van der Waals surface area contributed by atoms with Gasteiger partial charge < -0.3 is 4.74 Å². The number of carbonyl (C=O) groups is 1. The molecule has 0 amide bonds. The first kappa shape index (κ1) is 10.4. The van der Waals surface area contributed by atoms with Crippen LogP contribution in [0, 0.1) is 0 Å². The fraction of sp³-hybridized carbons (Fsp3) is 0.667. The Bertz CT molecular complexity index is 119. The van der Waals surface area contributed by atoms with Crippen molar-refractivity contribution in [3.05, 3.63) is 12.2 Å². The van der Waals surface area contributed by atoms with Gasteiger partial charge in [-0.1, -0.05) is 25.8 Å². The van der Waals surface area contributed by atoms with Crippen LogP contribution in [0.5, 0.6) is 0 Å². The van der Waals surface area contributed by atoms with Crippen LogP contribution in [0.3, 0.4) is 0 Å². The molecule has 0 aromatic rings. The fourth-order valence-corrected chi connectivity index (χ4v) is 0.867. The highest BCUT2D eigenvalue weighted by Gasteiger charge is 1.99. The number of allylic oxidation sites excluding steroid dienone is 1. The number of rotatable bonds is 6. The average molecular weight is 156 g/mol. The van der Waals surface area contributed by atoms with Gasteiger partial charge in [0.15, 0.2) is 0 Å². The molecule has 0 aromatic carbocycles. The molecule has 0 radical (unpaired) electrons. The number of methoxy groups -OCH3 is 1. The topological polar surface area (TPSA) is 26.3 Å². The van der Waals surface area contributed by atoms with Crippen LogP contribution >= 0.6 is 0 Å². The molecule has 0 fully saturated rings. The molecule has 1 atom stereocenters. The van der Waals surface area contributed by atoms with E-state index in [2.05, 4.69) is 6.92 Å². The highest BCUT2D eigenvalue weighted by Crippen LogP contribution is 2.04. The van der Waals surface area contributed by atoms with E-state index >= 15 is 0 Å². The second kappa shape index (κ2) is 7.48. The summed E-state index contributed by atoms with van der Waals surface area (Å²) in [6.45, 7) is 2.14. The second-order valence-corrected chi connectivity index (χ2v) is 2.44. The highest BCUT2D eigenvalue weighted by molar-refractivity contribution is 5.64. The Hall–Kier alpha value is -0.630. The largest absolute Gasteiger partial charge is 0.377 e. The van der Waals surface area contributed by atoms with Crippen LogP contribution in [0.1, 0.15) is 26.2 Å². The van der Waals surface area contributed by atoms with Crippen molar-refractivity contribution in [2.75, 3.05) is 7.11 Å². The maximum atomic E-state index is 9.96. The van der Waals surface area contributed by atoms with E-state index in [1.165, 1.54) is 6.08 Å². The van der Waals surface area contributed by atoms with E-state index in [0.717, 1.165) is 25.5 Å². The molecule has 64 valence electrons. The number of hydrogen-bond donors (Lipinski definition) is 0. The minimum absolute atomic E-state index is 0.111. The van der Waals surface area contributed by atoms with Crippen LogP contribution in [-0.4, -0.2) is 19.5 Å². The van der Waals surface area contributed by atoms with Crippen LogP contribution in [0.25, 0.3) is 0 Å². The first-order chi connectivity index (χ1) is 5.35. The van der Waals surface area contributed by atoms with Crippen LogP contribution in [0.15, 0.2) is 12.2 Å². The van der Waals surface area contributed by atoms with Crippen molar-refractivity contribution in [1.29, 1.82) is 0 Å². The van der Waals surface area contributed by atoms with E-state index in [0.29, 0.717) is 0 Å². The lowest BCUT2D eigenvalue weighted by Gasteiger charge is -2.08. The normalized spacial score (nSPS) is 13.6. The molecule has 0 saturated heterocycles. The minimum Gasteiger partial charge on any atom is -0.377 e. The molecule has 0 aliphatic rings. The SMILES string of the molecule is CCCCC(C=CC=O)OC. The van der Waals surface area contributed by atoms with Crippen molar-refractivity contribution in [2.24, 2.45) is 0 Å². The molecule has 11 heavy (non-hydrogen) atoms. The Kier molecular flexibility index (Phi) is 7.05. The van der Waals surface area contributed by atoms with Gasteiger partial charge in [0.1, 0.15) is 6.29 Å². The van der Waals surface area contributed by atoms with E-state index in [4.69, 9.17) is 4.74 Å². The van der Waals surface area contributed by atoms with E-state index < -0.39 is 0 Å². The quantitative estimate of drug-likeness (QED) is 0.434. The first-order valence-corrected chi connectivity index (χ1v) is 4.00. The molecule has 2 heteroatoms. The van der Waals surface area contributed by atoms with Crippen molar-refractivity contribution in [2.45, 2.75) is 32.3 Å². The van der Waals surface area contributed by atoms with Gasteiger partial charge in [-0.2, -0.15) is 0 Å². The van der Waals surface area contributed by atoms with Crippen LogP contribution in [-0.2, 0) is 9.53 Å². The van der Waals surface area contributed by atoms with E-state index in [1.807, 2.05) is 0 Å². The maximum Gasteiger partial charge on any atom is 0.142 e. The second-order valence-electron chi connectivity index (χ2n) is 2.44. The predicted molar refractivity (Wildman–Crippen MR) is 45.5 cm³/mol. The summed E-state index contributed by atoms with van der Waals surface area (Å²) in [5.41, 5.74) is 0. The number of unbranched alkanes of at least 4 members (excludes halogenated alkanes) is 1. The fourth-order valence-electron chi connectivity index (χ4n) is 0.867. The molecule has 0 aromatic heterocycles. The molecular weight excluding hydrogens is 140 g/mol. The lowest BCUT2D eigenvalue weighted by Crippen LogP contribution is -2.05. The third-order valence-corrected chi connectivity index (χ3v) is 1.55. The number of hydrogen-bond acceptors (Lipinski definition) is 2. The molecule has 0 heterocycles. The molecule has 0 aliphatic heterocycles. The number of ether oxygens (including phenoxy) is 1. The predicted octanol–water partition coefficient (Wildman–Crippen LogP) is 1.95. The van der Waals surface area contributed by atoms with Crippen molar-refractivity contribution in [1.82, 2.24) is 0 Å². The summed E-state index contributed by atoms with van der Waals surface area (Å²) in [7, 11) is 1.66. The van der Waals surface area contributed by atoms with Crippen molar-refractivity contribution in [3.8, 4) is 0 Å². The van der Waals surface area contributed by atoms with Gasteiger partial charge in [0.2, 0.25) is 0 Å². The first-order valence-electron chi connectivity index (χ1n) is 4.00. The third-order valence-electron chi connectivity index (χ3n) is 1.55. The van der Waals surface area contributed by atoms with E-state index in [9.17, 15) is 4.79 Å². The van der Waals surface area contributed by atoms with Gasteiger partial charge >= 0.3 is 0 Å². The summed E-state index contributed by atoms with van der Waals surface area (Å²) in [4.78, 5) is 9.96. The maximum absolute atomic E-state index is 9.96. The summed E-state index contributed by atoms with van der Waals surface area (Å²) in [5, 5.41) is 0. The molecule has 0 aliphatic carbocycles. The lowest BCUT2D eigenvalue weighted by atomic mass is 10.1. The van der Waals surface area contributed by atoms with Gasteiger partial charge in [-0.15, -0.1) is 0 Å². The summed E-state index contributed by atoms with van der Waals surface area (Å²) in [6, 6.07) is 0. The van der Waals surface area contributed by atoms with Gasteiger partial charge in [0, 0.05) is 7.11 Å². The van der Waals surface area contributed by atoms with Crippen molar-refractivity contribution < 1.29 is 9.53 Å². The Balaban J connectivity index is 3.56. The third kappa shape index (κ3) is 5.80. The zero-order chi connectivity index (χ0) is 8.53. The Morgan fingerprint density at radius 1 is 1.55 bits per heavy atom. The van der Waals surface area contributed by atoms with Gasteiger partial charge in [-0.05, 0) is 12.5 Å². The molecule has 1 unspecified atom stereocenters. The smallest absolute Gasteiger partial charge is 0.142 e. The molecule has 0 bridgehead atoms. The van der Waals surface area contributed by atoms with Crippen LogP contribution in [0.4, 0.5) is 0 Å². The standard InChI is InChI=1S/C9H16O2/c1-3-4-6-9(11-2)7-5-8-10/h5,7-9H,3-4,6H2,1-2H3. The highest BCUT2D eigenvalue weighted by atomic mass is 16.5. The van der Waals surface area contributed by atoms with Crippen LogP contribution in [0.2, 0.25) is 0 Å². The summed E-state index contributed by atoms with van der Waals surface area (Å²) < 4.78 is 5.11. The molecular formula is C9H16O2. The van der Waals surface area contributed by atoms with E-state index in [1.54, 1.807) is 13.2 Å². The van der Waals surface area contributed by atoms with Crippen molar-refractivity contribution >= 4 is 6.29 Å². The van der Waals surface area contributed by atoms with Gasteiger partial charge in [0.25, 0.3) is 0 Å². The molecule has 0 N–H and O–H groups in total. The van der Waals surface area contributed by atoms with Crippen molar-refractivity contribution in [3.63, 3.8) is 0 Å². The number of carbonyl (C=O) groups excluding carboxylic acids is 1. The average Bonchev–Trinajstić information content (AvgIpc) is 2.05. The summed E-state index contributed by atoms with van der Waals surface area (Å²) in [5.74, 6) is 0. The van der Waals surface area contributed by atoms with E-state index in [-0.39, 0.29) is 6.10 Å². The molecule has 0 rings (SSSR count). The van der Waals surface area contributed by atoms with Gasteiger partial charge in [-0.25, -0.2) is 0 Å². The monoisotopic (exact) mass is 156 g/mol. The van der Waals surface area contributed by atoms with Gasteiger partial charge in [-0.3, -0.25) is 4.79 Å². The minimum atomic E-state index is 0.111.